The van der Waals surface area contributed by atoms with Crippen LogP contribution in [0, 0.1) is 0 Å². The van der Waals surface area contributed by atoms with Crippen molar-refractivity contribution in [2.45, 2.75) is 30.9 Å². The highest BCUT2D eigenvalue weighted by molar-refractivity contribution is 6.35. The normalized spacial score (nSPS) is 29.8. The number of hydrogen-bond acceptors (Lipinski definition) is 4. The van der Waals surface area contributed by atoms with Gasteiger partial charge in [0.1, 0.15) is 0 Å². The Morgan fingerprint density at radius 1 is 1.30 bits per heavy atom. The molecule has 0 saturated carbocycles. The summed E-state index contributed by atoms with van der Waals surface area (Å²) in [6.07, 6.45) is 1.06. The second-order valence-corrected chi connectivity index (χ2v) is 5.86. The number of benzene rings is 1. The van der Waals surface area contributed by atoms with Crippen LogP contribution in [0.2, 0.25) is 10.0 Å². The number of carbonyl (C=O) groups is 2. The van der Waals surface area contributed by atoms with E-state index in [0.29, 0.717) is 22.9 Å². The zero-order valence-corrected chi connectivity index (χ0v) is 11.9. The molecule has 1 unspecified atom stereocenters. The molecule has 2 fully saturated rings. The molecule has 2 N–H and O–H groups in total. The van der Waals surface area contributed by atoms with Crippen LogP contribution in [-0.4, -0.2) is 17.4 Å². The number of nitrogens with one attached hydrogen (secondary N) is 2. The number of imide groups is 1. The van der Waals surface area contributed by atoms with Gasteiger partial charge in [-0.05, 0) is 24.1 Å². The third kappa shape index (κ3) is 2.31. The second kappa shape index (κ2) is 5.00. The van der Waals surface area contributed by atoms with E-state index in [1.807, 2.05) is 0 Å². The van der Waals surface area contributed by atoms with Crippen molar-refractivity contribution in [1.82, 2.24) is 10.8 Å². The highest BCUT2D eigenvalue weighted by Crippen LogP contribution is 2.40. The van der Waals surface area contributed by atoms with Gasteiger partial charge in [0, 0.05) is 22.9 Å². The summed E-state index contributed by atoms with van der Waals surface area (Å²) in [6, 6.07) is 4.98. The molecular formula is C13H12Cl2N2O3. The van der Waals surface area contributed by atoms with Crippen molar-refractivity contribution < 1.29 is 14.4 Å². The summed E-state index contributed by atoms with van der Waals surface area (Å²) in [5, 5.41) is 3.38. The fourth-order valence-electron chi connectivity index (χ4n) is 2.58. The lowest BCUT2D eigenvalue weighted by Crippen LogP contribution is -2.53. The van der Waals surface area contributed by atoms with Gasteiger partial charge in [0.2, 0.25) is 5.91 Å². The van der Waals surface area contributed by atoms with Crippen molar-refractivity contribution in [3.05, 3.63) is 33.8 Å². The molecule has 0 bridgehead atoms. The third-order valence-electron chi connectivity index (χ3n) is 3.69. The molecule has 1 spiro atoms. The maximum Gasteiger partial charge on any atom is 0.261 e. The Bertz CT molecular complexity index is 593. The average molecular weight is 315 g/mol. The van der Waals surface area contributed by atoms with E-state index in [4.69, 9.17) is 28.0 Å². The Kier molecular flexibility index (Phi) is 3.46. The van der Waals surface area contributed by atoms with Gasteiger partial charge in [0.15, 0.2) is 5.60 Å². The maximum absolute atomic E-state index is 12.0. The first-order valence-electron chi connectivity index (χ1n) is 6.23. The van der Waals surface area contributed by atoms with Crippen LogP contribution in [0.1, 0.15) is 30.9 Å². The predicted octanol–water partition coefficient (Wildman–Crippen LogP) is 2.13. The zero-order chi connectivity index (χ0) is 14.3. The highest BCUT2D eigenvalue weighted by atomic mass is 35.5. The minimum Gasteiger partial charge on any atom is -0.294 e. The van der Waals surface area contributed by atoms with Gasteiger partial charge in [0.25, 0.3) is 5.91 Å². The summed E-state index contributed by atoms with van der Waals surface area (Å²) >= 11 is 12.0. The van der Waals surface area contributed by atoms with Crippen molar-refractivity contribution in [1.29, 1.82) is 0 Å². The molecule has 1 aromatic rings. The molecular weight excluding hydrogens is 303 g/mol. The Morgan fingerprint density at radius 3 is 2.80 bits per heavy atom. The summed E-state index contributed by atoms with van der Waals surface area (Å²) in [7, 11) is 0. The zero-order valence-electron chi connectivity index (χ0n) is 10.4. The minimum atomic E-state index is -0.998. The molecule has 2 aliphatic rings. The Balaban J connectivity index is 1.83. The maximum atomic E-state index is 12.0. The molecule has 2 atom stereocenters. The van der Waals surface area contributed by atoms with Crippen LogP contribution < -0.4 is 10.8 Å². The van der Waals surface area contributed by atoms with Gasteiger partial charge in [-0.2, -0.15) is 5.48 Å². The molecule has 2 aliphatic heterocycles. The molecule has 2 heterocycles. The molecule has 5 nitrogen and oxygen atoms in total. The van der Waals surface area contributed by atoms with E-state index in [0.717, 1.165) is 5.56 Å². The van der Waals surface area contributed by atoms with E-state index < -0.39 is 11.5 Å². The first-order valence-corrected chi connectivity index (χ1v) is 6.98. The molecule has 7 heteroatoms. The van der Waals surface area contributed by atoms with Gasteiger partial charge < -0.3 is 0 Å². The molecule has 2 saturated heterocycles. The van der Waals surface area contributed by atoms with Gasteiger partial charge in [0.05, 0.1) is 6.04 Å². The molecule has 0 radical (unpaired) electrons. The summed E-state index contributed by atoms with van der Waals surface area (Å²) in [5.74, 6) is -0.661. The predicted molar refractivity (Wildman–Crippen MR) is 73.2 cm³/mol. The number of carbonyl (C=O) groups excluding carboxylic acids is 2. The topological polar surface area (TPSA) is 67.4 Å². The lowest BCUT2D eigenvalue weighted by atomic mass is 9.86. The van der Waals surface area contributed by atoms with Crippen molar-refractivity contribution >= 4 is 35.0 Å². The van der Waals surface area contributed by atoms with E-state index in [9.17, 15) is 9.59 Å². The summed E-state index contributed by atoms with van der Waals surface area (Å²) < 4.78 is 0. The van der Waals surface area contributed by atoms with Gasteiger partial charge >= 0.3 is 0 Å². The molecule has 106 valence electrons. The van der Waals surface area contributed by atoms with Crippen LogP contribution in [0.4, 0.5) is 0 Å². The van der Waals surface area contributed by atoms with Gasteiger partial charge in [-0.15, -0.1) is 0 Å². The van der Waals surface area contributed by atoms with Crippen molar-refractivity contribution in [2.24, 2.45) is 0 Å². The Hall–Kier alpha value is -1.14. The van der Waals surface area contributed by atoms with E-state index in [2.05, 4.69) is 10.8 Å². The van der Waals surface area contributed by atoms with Crippen LogP contribution in [0.25, 0.3) is 0 Å². The smallest absolute Gasteiger partial charge is 0.261 e. The molecule has 20 heavy (non-hydrogen) atoms. The molecule has 2 amide bonds. The van der Waals surface area contributed by atoms with Crippen molar-refractivity contribution in [3.8, 4) is 0 Å². The van der Waals surface area contributed by atoms with Crippen LogP contribution in [-0.2, 0) is 14.4 Å². The van der Waals surface area contributed by atoms with Gasteiger partial charge in [-0.3, -0.25) is 19.7 Å². The summed E-state index contributed by atoms with van der Waals surface area (Å²) in [5.41, 5.74) is 2.66. The fourth-order valence-corrected chi connectivity index (χ4v) is 3.12. The lowest BCUT2D eigenvalue weighted by molar-refractivity contribution is -0.157. The third-order valence-corrected chi connectivity index (χ3v) is 4.25. The number of piperidine rings is 1. The quantitative estimate of drug-likeness (QED) is 0.779. The van der Waals surface area contributed by atoms with Gasteiger partial charge in [-0.1, -0.05) is 29.3 Å². The van der Waals surface area contributed by atoms with Crippen LogP contribution in [0.3, 0.4) is 0 Å². The van der Waals surface area contributed by atoms with E-state index >= 15 is 0 Å². The van der Waals surface area contributed by atoms with Crippen LogP contribution in [0.15, 0.2) is 18.2 Å². The largest absolute Gasteiger partial charge is 0.294 e. The first kappa shape index (κ1) is 13.8. The second-order valence-electron chi connectivity index (χ2n) is 5.01. The first-order chi connectivity index (χ1) is 9.50. The Labute approximate surface area is 125 Å². The van der Waals surface area contributed by atoms with E-state index in [1.165, 1.54) is 0 Å². The van der Waals surface area contributed by atoms with E-state index in [1.54, 1.807) is 18.2 Å². The van der Waals surface area contributed by atoms with Crippen molar-refractivity contribution in [3.63, 3.8) is 0 Å². The summed E-state index contributed by atoms with van der Waals surface area (Å²) in [6.45, 7) is 0. The number of hydrogen-bond donors (Lipinski definition) is 2. The van der Waals surface area contributed by atoms with Crippen molar-refractivity contribution in [2.75, 3.05) is 0 Å². The average Bonchev–Trinajstić information content (AvgIpc) is 2.80. The molecule has 3 rings (SSSR count). The number of halogens is 2. The van der Waals surface area contributed by atoms with E-state index in [-0.39, 0.29) is 18.4 Å². The molecule has 1 aromatic carbocycles. The minimum absolute atomic E-state index is 0.210. The standard InChI is InChI=1S/C13H12Cl2N2O3/c14-7-1-2-8(9(15)5-7)10-6-13(20-17-10)4-3-11(18)16-12(13)19/h1-2,5,10,17H,3-4,6H2,(H,16,18,19)/t10?,13-/m0/s1. The fraction of sp³-hybridized carbons (Fsp3) is 0.385. The van der Waals surface area contributed by atoms with Crippen LogP contribution >= 0.6 is 23.2 Å². The lowest BCUT2D eigenvalue weighted by Gasteiger charge is -2.28. The van der Waals surface area contributed by atoms with Gasteiger partial charge in [-0.25, -0.2) is 0 Å². The SMILES string of the molecule is O=C1CC[C@]2(CC(c3ccc(Cl)cc3Cl)NO2)C(=O)N1. The molecule has 0 aromatic heterocycles. The number of hydroxylamine groups is 1. The monoisotopic (exact) mass is 314 g/mol. The number of rotatable bonds is 1. The Morgan fingerprint density at radius 2 is 2.10 bits per heavy atom. The molecule has 0 aliphatic carbocycles. The summed E-state index contributed by atoms with van der Waals surface area (Å²) in [4.78, 5) is 28.7. The van der Waals surface area contributed by atoms with Crippen LogP contribution in [0.5, 0.6) is 0 Å². The number of amides is 2. The highest BCUT2D eigenvalue weighted by Gasteiger charge is 2.50.